The van der Waals surface area contributed by atoms with E-state index >= 15 is 0 Å². The molecule has 1 amide bonds. The summed E-state index contributed by atoms with van der Waals surface area (Å²) in [6.45, 7) is 1.50. The Kier molecular flexibility index (Phi) is 4.50. The van der Waals surface area contributed by atoms with E-state index in [1.54, 1.807) is 17.0 Å². The van der Waals surface area contributed by atoms with Crippen molar-refractivity contribution < 1.29 is 13.6 Å². The zero-order chi connectivity index (χ0) is 16.2. The van der Waals surface area contributed by atoms with Crippen LogP contribution in [0.2, 0.25) is 0 Å². The van der Waals surface area contributed by atoms with Crippen molar-refractivity contribution in [2.45, 2.75) is 19.3 Å². The average molecular weight is 317 g/mol. The monoisotopic (exact) mass is 317 g/mol. The SMILES string of the molecule is O=C(c1cc(Nc2ccc(F)c(F)c2)ccn1)N1CCCCC1. The molecule has 6 heteroatoms. The van der Waals surface area contributed by atoms with Crippen molar-refractivity contribution in [3.63, 3.8) is 0 Å². The second kappa shape index (κ2) is 6.73. The van der Waals surface area contributed by atoms with Gasteiger partial charge in [0.1, 0.15) is 5.69 Å². The molecule has 1 aromatic heterocycles. The predicted molar refractivity (Wildman–Crippen MR) is 83.6 cm³/mol. The van der Waals surface area contributed by atoms with Gasteiger partial charge < -0.3 is 10.2 Å². The Bertz CT molecular complexity index is 715. The first-order valence-electron chi connectivity index (χ1n) is 7.61. The Labute approximate surface area is 133 Å². The molecule has 0 unspecified atom stereocenters. The van der Waals surface area contributed by atoms with Crippen LogP contribution in [0.15, 0.2) is 36.5 Å². The quantitative estimate of drug-likeness (QED) is 0.938. The van der Waals surface area contributed by atoms with Crippen LogP contribution in [0.3, 0.4) is 0 Å². The number of halogens is 2. The minimum Gasteiger partial charge on any atom is -0.355 e. The van der Waals surface area contributed by atoms with Gasteiger partial charge in [0.2, 0.25) is 0 Å². The van der Waals surface area contributed by atoms with E-state index in [1.165, 1.54) is 12.3 Å². The third-order valence-corrected chi connectivity index (χ3v) is 3.83. The molecule has 1 aliphatic heterocycles. The lowest BCUT2D eigenvalue weighted by atomic mass is 10.1. The van der Waals surface area contributed by atoms with E-state index in [4.69, 9.17) is 0 Å². The van der Waals surface area contributed by atoms with Crippen molar-refractivity contribution in [3.8, 4) is 0 Å². The molecule has 1 aromatic carbocycles. The number of likely N-dealkylation sites (tertiary alicyclic amines) is 1. The Morgan fingerprint density at radius 3 is 2.48 bits per heavy atom. The number of carbonyl (C=O) groups is 1. The van der Waals surface area contributed by atoms with Crippen molar-refractivity contribution in [3.05, 3.63) is 53.9 Å². The van der Waals surface area contributed by atoms with Crippen LogP contribution in [0.5, 0.6) is 0 Å². The number of amides is 1. The maximum atomic E-state index is 13.2. The second-order valence-corrected chi connectivity index (χ2v) is 5.54. The van der Waals surface area contributed by atoms with Crippen LogP contribution >= 0.6 is 0 Å². The predicted octanol–water partition coefficient (Wildman–Crippen LogP) is 3.73. The number of anilines is 2. The third-order valence-electron chi connectivity index (χ3n) is 3.83. The summed E-state index contributed by atoms with van der Waals surface area (Å²) in [6.07, 6.45) is 4.70. The molecule has 2 aromatic rings. The molecule has 4 nitrogen and oxygen atoms in total. The van der Waals surface area contributed by atoms with E-state index in [0.29, 0.717) is 17.1 Å². The van der Waals surface area contributed by atoms with Gasteiger partial charge in [-0.05, 0) is 43.5 Å². The summed E-state index contributed by atoms with van der Waals surface area (Å²) in [6, 6.07) is 6.86. The van der Waals surface area contributed by atoms with Gasteiger partial charge in [-0.3, -0.25) is 9.78 Å². The molecular formula is C17H17F2N3O. The van der Waals surface area contributed by atoms with Crippen LogP contribution in [0.4, 0.5) is 20.2 Å². The van der Waals surface area contributed by atoms with Gasteiger partial charge >= 0.3 is 0 Å². The van der Waals surface area contributed by atoms with Crippen LogP contribution in [0, 0.1) is 11.6 Å². The molecule has 1 aliphatic rings. The molecule has 0 spiro atoms. The lowest BCUT2D eigenvalue weighted by Gasteiger charge is -2.26. The highest BCUT2D eigenvalue weighted by Crippen LogP contribution is 2.20. The number of piperidine rings is 1. The van der Waals surface area contributed by atoms with Gasteiger partial charge in [-0.25, -0.2) is 8.78 Å². The van der Waals surface area contributed by atoms with E-state index in [2.05, 4.69) is 10.3 Å². The summed E-state index contributed by atoms with van der Waals surface area (Å²) >= 11 is 0. The number of pyridine rings is 1. The fraction of sp³-hybridized carbons (Fsp3) is 0.294. The highest BCUT2D eigenvalue weighted by molar-refractivity contribution is 5.93. The van der Waals surface area contributed by atoms with Crippen LogP contribution in [-0.2, 0) is 0 Å². The first kappa shape index (κ1) is 15.4. The van der Waals surface area contributed by atoms with E-state index in [1.807, 2.05) is 0 Å². The van der Waals surface area contributed by atoms with Gasteiger partial charge in [-0.1, -0.05) is 0 Å². The number of nitrogens with one attached hydrogen (secondary N) is 1. The molecular weight excluding hydrogens is 300 g/mol. The molecule has 2 heterocycles. The fourth-order valence-corrected chi connectivity index (χ4v) is 2.62. The van der Waals surface area contributed by atoms with Crippen molar-refractivity contribution in [2.75, 3.05) is 18.4 Å². The van der Waals surface area contributed by atoms with Gasteiger partial charge in [0.25, 0.3) is 5.91 Å². The van der Waals surface area contributed by atoms with E-state index in [-0.39, 0.29) is 5.91 Å². The number of benzene rings is 1. The molecule has 120 valence electrons. The summed E-state index contributed by atoms with van der Waals surface area (Å²) in [5.41, 5.74) is 1.36. The van der Waals surface area contributed by atoms with Crippen LogP contribution in [0.25, 0.3) is 0 Å². The van der Waals surface area contributed by atoms with Crippen molar-refractivity contribution in [1.29, 1.82) is 0 Å². The number of hydrogen-bond donors (Lipinski definition) is 1. The maximum absolute atomic E-state index is 13.2. The standard InChI is InChI=1S/C17H17F2N3O/c18-14-5-4-12(10-15(14)19)21-13-6-7-20-16(11-13)17(23)22-8-2-1-3-9-22/h4-7,10-11H,1-3,8-9H2,(H,20,21). The normalized spacial score (nSPS) is 14.6. The largest absolute Gasteiger partial charge is 0.355 e. The molecule has 23 heavy (non-hydrogen) atoms. The summed E-state index contributed by atoms with van der Waals surface area (Å²) in [5.74, 6) is -1.92. The molecule has 1 fully saturated rings. The molecule has 3 rings (SSSR count). The van der Waals surface area contributed by atoms with Crippen LogP contribution in [0.1, 0.15) is 29.8 Å². The Morgan fingerprint density at radius 1 is 1.00 bits per heavy atom. The summed E-state index contributed by atoms with van der Waals surface area (Å²) in [4.78, 5) is 18.4. The molecule has 0 atom stereocenters. The molecule has 1 N–H and O–H groups in total. The van der Waals surface area contributed by atoms with Gasteiger partial charge in [0.05, 0.1) is 0 Å². The van der Waals surface area contributed by atoms with Gasteiger partial charge in [0, 0.05) is 36.7 Å². The van der Waals surface area contributed by atoms with Gasteiger partial charge in [-0.15, -0.1) is 0 Å². The first-order valence-corrected chi connectivity index (χ1v) is 7.61. The smallest absolute Gasteiger partial charge is 0.272 e. The molecule has 0 bridgehead atoms. The Morgan fingerprint density at radius 2 is 1.74 bits per heavy atom. The highest BCUT2D eigenvalue weighted by Gasteiger charge is 2.19. The van der Waals surface area contributed by atoms with Crippen molar-refractivity contribution >= 4 is 17.3 Å². The lowest BCUT2D eigenvalue weighted by Crippen LogP contribution is -2.36. The van der Waals surface area contributed by atoms with Gasteiger partial charge in [-0.2, -0.15) is 0 Å². The van der Waals surface area contributed by atoms with E-state index in [0.717, 1.165) is 44.5 Å². The zero-order valence-corrected chi connectivity index (χ0v) is 12.6. The number of nitrogens with zero attached hydrogens (tertiary/aromatic N) is 2. The van der Waals surface area contributed by atoms with Crippen LogP contribution < -0.4 is 5.32 Å². The number of aromatic nitrogens is 1. The molecule has 1 saturated heterocycles. The molecule has 0 aliphatic carbocycles. The van der Waals surface area contributed by atoms with Crippen molar-refractivity contribution in [1.82, 2.24) is 9.88 Å². The Hall–Kier alpha value is -2.50. The summed E-state index contributed by atoms with van der Waals surface area (Å²) in [7, 11) is 0. The van der Waals surface area contributed by atoms with Gasteiger partial charge in [0.15, 0.2) is 11.6 Å². The lowest BCUT2D eigenvalue weighted by molar-refractivity contribution is 0.0718. The van der Waals surface area contributed by atoms with Crippen molar-refractivity contribution in [2.24, 2.45) is 0 Å². The molecule has 0 radical (unpaired) electrons. The highest BCUT2D eigenvalue weighted by atomic mass is 19.2. The average Bonchev–Trinajstić information content (AvgIpc) is 2.58. The van der Waals surface area contributed by atoms with E-state index < -0.39 is 11.6 Å². The molecule has 0 saturated carbocycles. The third kappa shape index (κ3) is 3.64. The minimum absolute atomic E-state index is 0.0985. The summed E-state index contributed by atoms with van der Waals surface area (Å²) < 4.78 is 26.2. The van der Waals surface area contributed by atoms with E-state index in [9.17, 15) is 13.6 Å². The van der Waals surface area contributed by atoms with Crippen LogP contribution in [-0.4, -0.2) is 28.9 Å². The number of hydrogen-bond acceptors (Lipinski definition) is 3. The first-order chi connectivity index (χ1) is 11.1. The topological polar surface area (TPSA) is 45.2 Å². The maximum Gasteiger partial charge on any atom is 0.272 e. The summed E-state index contributed by atoms with van der Waals surface area (Å²) in [5, 5.41) is 2.95. The number of rotatable bonds is 3. The Balaban J connectivity index is 1.76. The fourth-order valence-electron chi connectivity index (χ4n) is 2.62. The minimum atomic E-state index is -0.923. The number of carbonyl (C=O) groups excluding carboxylic acids is 1. The second-order valence-electron chi connectivity index (χ2n) is 5.54. The zero-order valence-electron chi connectivity index (χ0n) is 12.6.